The van der Waals surface area contributed by atoms with Crippen molar-refractivity contribution in [1.29, 1.82) is 0 Å². The number of anilines is 2. The first-order valence-corrected chi connectivity index (χ1v) is 10.8. The molecule has 1 amide bonds. The van der Waals surface area contributed by atoms with E-state index in [9.17, 15) is 4.79 Å². The molecule has 0 saturated heterocycles. The van der Waals surface area contributed by atoms with Crippen LogP contribution in [0, 0.1) is 0 Å². The molecule has 0 aliphatic heterocycles. The van der Waals surface area contributed by atoms with Gasteiger partial charge < -0.3 is 10.5 Å². The lowest BCUT2D eigenvalue weighted by Gasteiger charge is -2.37. The van der Waals surface area contributed by atoms with Gasteiger partial charge >= 0.3 is 6.09 Å². The van der Waals surface area contributed by atoms with Crippen LogP contribution < -0.4 is 11.1 Å². The summed E-state index contributed by atoms with van der Waals surface area (Å²) in [5, 5.41) is 8.30. The summed E-state index contributed by atoms with van der Waals surface area (Å²) in [7, 11) is 1.31. The van der Waals surface area contributed by atoms with E-state index >= 15 is 0 Å². The number of pyridine rings is 1. The minimum absolute atomic E-state index is 0.335. The molecule has 7 heteroatoms. The number of hydrogen-bond donors (Lipinski definition) is 2. The van der Waals surface area contributed by atoms with E-state index in [4.69, 9.17) is 15.6 Å². The van der Waals surface area contributed by atoms with Crippen molar-refractivity contribution < 1.29 is 9.53 Å². The van der Waals surface area contributed by atoms with Crippen LogP contribution in [0.4, 0.5) is 16.4 Å². The summed E-state index contributed by atoms with van der Waals surface area (Å²) in [5.41, 5.74) is 8.96. The lowest BCUT2D eigenvalue weighted by Crippen LogP contribution is -2.38. The molecule has 7 nitrogen and oxygen atoms in total. The van der Waals surface area contributed by atoms with Gasteiger partial charge in [-0.2, -0.15) is 5.10 Å². The molecule has 0 spiro atoms. The van der Waals surface area contributed by atoms with Gasteiger partial charge in [-0.3, -0.25) is 5.32 Å². The molecule has 2 heterocycles. The number of hydrogen-bond acceptors (Lipinski definition) is 5. The maximum Gasteiger partial charge on any atom is 0.412 e. The SMILES string of the molecule is COC(=O)Nc1nn(C(c2ccccc2)(c2ccccc2)c2ccccc2)c2cc(N)ncc12. The molecule has 0 saturated carbocycles. The quantitative estimate of drug-likeness (QED) is 0.367. The van der Waals surface area contributed by atoms with E-state index in [1.54, 1.807) is 12.3 Å². The van der Waals surface area contributed by atoms with E-state index in [0.717, 1.165) is 22.2 Å². The van der Waals surface area contributed by atoms with Crippen molar-refractivity contribution >= 4 is 28.6 Å². The van der Waals surface area contributed by atoms with Crippen LogP contribution >= 0.6 is 0 Å². The van der Waals surface area contributed by atoms with Crippen LogP contribution in [0.15, 0.2) is 103 Å². The number of amides is 1. The summed E-state index contributed by atoms with van der Waals surface area (Å²) in [6.07, 6.45) is 0.999. The van der Waals surface area contributed by atoms with Gasteiger partial charge in [-0.25, -0.2) is 14.5 Å². The van der Waals surface area contributed by atoms with Crippen molar-refractivity contribution in [3.05, 3.63) is 120 Å². The summed E-state index contributed by atoms with van der Waals surface area (Å²) in [5.74, 6) is 0.683. The Morgan fingerprint density at radius 3 is 1.85 bits per heavy atom. The Morgan fingerprint density at radius 1 is 0.882 bits per heavy atom. The van der Waals surface area contributed by atoms with Crippen molar-refractivity contribution in [1.82, 2.24) is 14.8 Å². The highest BCUT2D eigenvalue weighted by Gasteiger charge is 2.41. The van der Waals surface area contributed by atoms with Crippen LogP contribution in [0.3, 0.4) is 0 Å². The van der Waals surface area contributed by atoms with Crippen molar-refractivity contribution in [2.24, 2.45) is 0 Å². The van der Waals surface area contributed by atoms with Crippen molar-refractivity contribution in [2.45, 2.75) is 5.54 Å². The Hall–Kier alpha value is -4.65. The summed E-state index contributed by atoms with van der Waals surface area (Å²) in [6, 6.07) is 32.2. The Kier molecular flexibility index (Phi) is 5.43. The van der Waals surface area contributed by atoms with E-state index in [1.807, 2.05) is 59.3 Å². The molecule has 0 unspecified atom stereocenters. The van der Waals surface area contributed by atoms with Crippen LogP contribution in [-0.2, 0) is 10.3 Å². The normalized spacial score (nSPS) is 11.3. The van der Waals surface area contributed by atoms with Crippen LogP contribution in [0.1, 0.15) is 16.7 Å². The fourth-order valence-electron chi connectivity index (χ4n) is 4.43. The lowest BCUT2D eigenvalue weighted by atomic mass is 9.77. The smallest absolute Gasteiger partial charge is 0.412 e. The van der Waals surface area contributed by atoms with Gasteiger partial charge in [0.15, 0.2) is 5.82 Å². The molecule has 0 aliphatic carbocycles. The molecule has 0 radical (unpaired) electrons. The number of nitrogens with zero attached hydrogens (tertiary/aromatic N) is 3. The second kappa shape index (κ2) is 8.71. The summed E-state index contributed by atoms with van der Waals surface area (Å²) in [4.78, 5) is 16.4. The number of methoxy groups -OCH3 is 1. The third-order valence-electron chi connectivity index (χ3n) is 5.88. The Labute approximate surface area is 196 Å². The zero-order valence-electron chi connectivity index (χ0n) is 18.6. The van der Waals surface area contributed by atoms with E-state index in [-0.39, 0.29) is 0 Å². The molecule has 0 atom stereocenters. The van der Waals surface area contributed by atoms with Gasteiger partial charge in [-0.1, -0.05) is 91.0 Å². The highest BCUT2D eigenvalue weighted by Crippen LogP contribution is 2.43. The monoisotopic (exact) mass is 449 g/mol. The topological polar surface area (TPSA) is 95.1 Å². The predicted octanol–water partition coefficient (Wildman–Crippen LogP) is 5.03. The number of fused-ring (bicyclic) bond motifs is 1. The highest BCUT2D eigenvalue weighted by molar-refractivity contribution is 5.98. The number of nitrogens with one attached hydrogen (secondary N) is 1. The van der Waals surface area contributed by atoms with Gasteiger partial charge in [-0.15, -0.1) is 0 Å². The number of nitrogens with two attached hydrogens (primary N) is 1. The minimum atomic E-state index is -0.869. The van der Waals surface area contributed by atoms with E-state index < -0.39 is 11.6 Å². The molecule has 168 valence electrons. The van der Waals surface area contributed by atoms with Crippen LogP contribution in [0.5, 0.6) is 0 Å². The number of ether oxygens (including phenoxy) is 1. The second-order valence-corrected chi connectivity index (χ2v) is 7.81. The fraction of sp³-hybridized carbons (Fsp3) is 0.0741. The maximum atomic E-state index is 12.1. The summed E-state index contributed by atoms with van der Waals surface area (Å²) < 4.78 is 6.74. The molecular weight excluding hydrogens is 426 g/mol. The van der Waals surface area contributed by atoms with Crippen LogP contribution in [-0.4, -0.2) is 28.0 Å². The number of carbonyl (C=O) groups is 1. The van der Waals surface area contributed by atoms with Crippen LogP contribution in [0.2, 0.25) is 0 Å². The van der Waals surface area contributed by atoms with Gasteiger partial charge in [0, 0.05) is 12.3 Å². The van der Waals surface area contributed by atoms with E-state index in [1.165, 1.54) is 7.11 Å². The molecule has 5 aromatic rings. The number of rotatable bonds is 5. The van der Waals surface area contributed by atoms with Crippen LogP contribution in [0.25, 0.3) is 10.9 Å². The molecule has 0 aliphatic rings. The number of aromatic nitrogens is 3. The molecule has 0 bridgehead atoms. The largest absolute Gasteiger partial charge is 0.453 e. The van der Waals surface area contributed by atoms with Gasteiger partial charge in [0.25, 0.3) is 0 Å². The number of benzene rings is 3. The molecule has 5 rings (SSSR count). The van der Waals surface area contributed by atoms with Gasteiger partial charge in [0.2, 0.25) is 0 Å². The molecule has 0 fully saturated rings. The van der Waals surface area contributed by atoms with E-state index in [0.29, 0.717) is 17.0 Å². The average Bonchev–Trinajstić information content (AvgIpc) is 3.23. The Morgan fingerprint density at radius 2 is 1.38 bits per heavy atom. The first-order chi connectivity index (χ1) is 16.6. The van der Waals surface area contributed by atoms with Gasteiger partial charge in [0.1, 0.15) is 11.4 Å². The zero-order valence-corrected chi connectivity index (χ0v) is 18.6. The Bertz CT molecular complexity index is 1340. The van der Waals surface area contributed by atoms with Gasteiger partial charge in [-0.05, 0) is 16.7 Å². The maximum absolute atomic E-state index is 12.1. The lowest BCUT2D eigenvalue weighted by molar-refractivity contribution is 0.187. The number of carbonyl (C=O) groups excluding carboxylic acids is 1. The third kappa shape index (κ3) is 3.44. The van der Waals surface area contributed by atoms with Crippen molar-refractivity contribution in [2.75, 3.05) is 18.2 Å². The average molecular weight is 450 g/mol. The molecule has 2 aromatic heterocycles. The zero-order chi connectivity index (χ0) is 23.5. The molecule has 3 aromatic carbocycles. The highest BCUT2D eigenvalue weighted by atomic mass is 16.5. The van der Waals surface area contributed by atoms with Crippen molar-refractivity contribution in [3.8, 4) is 0 Å². The Balaban J connectivity index is 1.95. The third-order valence-corrected chi connectivity index (χ3v) is 5.88. The first-order valence-electron chi connectivity index (χ1n) is 10.8. The second-order valence-electron chi connectivity index (χ2n) is 7.81. The summed E-state index contributed by atoms with van der Waals surface area (Å²) in [6.45, 7) is 0. The molecule has 3 N–H and O–H groups in total. The van der Waals surface area contributed by atoms with E-state index in [2.05, 4.69) is 46.7 Å². The number of nitrogen functional groups attached to an aromatic ring is 1. The fourth-order valence-corrected chi connectivity index (χ4v) is 4.43. The first kappa shape index (κ1) is 21.2. The predicted molar refractivity (Wildman–Crippen MR) is 133 cm³/mol. The van der Waals surface area contributed by atoms with Gasteiger partial charge in [0.05, 0.1) is 18.0 Å². The minimum Gasteiger partial charge on any atom is -0.453 e. The molecule has 34 heavy (non-hydrogen) atoms. The summed E-state index contributed by atoms with van der Waals surface area (Å²) >= 11 is 0. The molecular formula is C27H23N5O2. The van der Waals surface area contributed by atoms with Crippen molar-refractivity contribution in [3.63, 3.8) is 0 Å². The standard InChI is InChI=1S/C27H23N5O2/c1-34-26(33)30-25-22-18-29-24(28)17-23(22)32(31-25)27(19-11-5-2-6-12-19,20-13-7-3-8-14-20)21-15-9-4-10-16-21/h2-18H,1H3,(H2,28,29)(H,30,31,33).